The molecular weight excluding hydrogens is 1360 g/mol. The molecule has 6 heterocycles. The standard InChI is InChI=1S/C29H38F3N3O2.2C27H33F3N2O2/c1-20-21(2)27(37-18-5-4-15-33-3)14-13-25(20)26-8-6-7-24-19-34(16-17-35(24)26)28(36)22-9-11-23(12-10-22)29(30,31)32;2*1-4-16-34-25-13-12-23(18(2)19(25)3)24-7-5-6-22-17-31(14-15-32(22)24)26(33)20-8-10-21(11-9-20)27(28,29)30/h9-14,24,26,33H,4-8,15-19H2,1-3H3;2*8-13,22,24H,4-7,14-17H2,1-3H3/t24-,26?;2*22-,24?/m000/s1. The fraction of sp³-hybridized carbons (Fsp3) is 0.530. The molecule has 22 heteroatoms. The summed E-state index contributed by atoms with van der Waals surface area (Å²) in [5, 5.41) is 3.16. The minimum Gasteiger partial charge on any atom is -0.493 e. The number of piperidine rings is 3. The Morgan fingerprint density at radius 2 is 0.667 bits per heavy atom. The average molecular weight is 1470 g/mol. The van der Waals surface area contributed by atoms with Crippen molar-refractivity contribution < 1.29 is 68.1 Å². The van der Waals surface area contributed by atoms with Gasteiger partial charge in [-0.25, -0.2) is 0 Å². The number of benzene rings is 6. The molecule has 6 aromatic carbocycles. The van der Waals surface area contributed by atoms with Gasteiger partial charge in [0.05, 0.1) is 36.5 Å². The molecule has 3 amide bonds. The number of piperazine rings is 3. The van der Waals surface area contributed by atoms with Crippen molar-refractivity contribution >= 4 is 17.7 Å². The van der Waals surface area contributed by atoms with Crippen LogP contribution in [0, 0.1) is 41.5 Å². The Bertz CT molecular complexity index is 3740. The summed E-state index contributed by atoms with van der Waals surface area (Å²) in [6, 6.07) is 28.2. The smallest absolute Gasteiger partial charge is 0.416 e. The quantitative estimate of drug-likeness (QED) is 0.0660. The zero-order chi connectivity index (χ0) is 75.5. The van der Waals surface area contributed by atoms with E-state index in [1.165, 1.54) is 86.5 Å². The van der Waals surface area contributed by atoms with Crippen LogP contribution in [0.1, 0.15) is 213 Å². The van der Waals surface area contributed by atoms with Gasteiger partial charge in [-0.1, -0.05) is 32.0 Å². The van der Waals surface area contributed by atoms with E-state index in [0.29, 0.717) is 93.9 Å². The van der Waals surface area contributed by atoms with Crippen LogP contribution in [0.15, 0.2) is 109 Å². The van der Waals surface area contributed by atoms with Gasteiger partial charge >= 0.3 is 18.5 Å². The molecule has 0 radical (unpaired) electrons. The maximum Gasteiger partial charge on any atom is 0.416 e. The Hall–Kier alpha value is -7.66. The van der Waals surface area contributed by atoms with Crippen LogP contribution < -0.4 is 19.5 Å². The summed E-state index contributed by atoms with van der Waals surface area (Å²) in [5.41, 5.74) is 10.0. The number of alkyl halides is 9. The van der Waals surface area contributed by atoms with Crippen LogP contribution in [0.2, 0.25) is 0 Å². The zero-order valence-electron chi connectivity index (χ0n) is 62.3. The number of rotatable bonds is 18. The van der Waals surface area contributed by atoms with Crippen LogP contribution in [0.25, 0.3) is 0 Å². The lowest BCUT2D eigenvalue weighted by atomic mass is 9.86. The summed E-state index contributed by atoms with van der Waals surface area (Å²) in [6.45, 7) is 26.0. The monoisotopic (exact) mass is 1470 g/mol. The molecule has 12 rings (SSSR count). The SMILES string of the molecule is CCCOc1ccc(C2CCC[C@H]3CN(C(=O)c4ccc(C(F)(F)F)cc4)CCN23)c(C)c1C.CCCOc1ccc(C2CCC[C@H]3CN(C(=O)c4ccc(C(F)(F)F)cc4)CCN23)c(C)c1C.CNCCCCOc1ccc(C2CCC[C@H]3CN(C(=O)c4ccc(C(F)(F)F)cc4)CCN23)c(C)c1C. The van der Waals surface area contributed by atoms with E-state index < -0.39 is 35.2 Å². The first-order chi connectivity index (χ1) is 50.1. The molecule has 570 valence electrons. The number of fused-ring (bicyclic) bond motifs is 3. The summed E-state index contributed by atoms with van der Waals surface area (Å²) >= 11 is 0. The fourth-order valence-corrected chi connectivity index (χ4v) is 16.3. The summed E-state index contributed by atoms with van der Waals surface area (Å²) < 4.78 is 134. The Morgan fingerprint density at radius 3 is 0.933 bits per heavy atom. The van der Waals surface area contributed by atoms with Crippen LogP contribution >= 0.6 is 0 Å². The number of carbonyl (C=O) groups excluding carboxylic acids is 3. The van der Waals surface area contributed by atoms with Crippen molar-refractivity contribution in [1.82, 2.24) is 34.7 Å². The Kier molecular flexibility index (Phi) is 26.9. The van der Waals surface area contributed by atoms with Gasteiger partial charge in [-0.15, -0.1) is 0 Å². The molecule has 6 saturated heterocycles. The normalized spacial score (nSPS) is 21.0. The molecule has 6 atom stereocenters. The van der Waals surface area contributed by atoms with Crippen molar-refractivity contribution in [2.75, 3.05) is 92.3 Å². The topological polar surface area (TPSA) is 110 Å². The van der Waals surface area contributed by atoms with Crippen LogP contribution in [0.5, 0.6) is 17.2 Å². The highest BCUT2D eigenvalue weighted by Crippen LogP contribution is 2.44. The molecule has 6 fully saturated rings. The van der Waals surface area contributed by atoms with E-state index in [1.807, 2.05) is 7.05 Å². The summed E-state index contributed by atoms with van der Waals surface area (Å²) in [5.74, 6) is 2.26. The fourth-order valence-electron chi connectivity index (χ4n) is 16.3. The van der Waals surface area contributed by atoms with Crippen molar-refractivity contribution in [1.29, 1.82) is 0 Å². The van der Waals surface area contributed by atoms with E-state index in [4.69, 9.17) is 14.2 Å². The van der Waals surface area contributed by atoms with E-state index >= 15 is 0 Å². The molecule has 0 bridgehead atoms. The lowest BCUT2D eigenvalue weighted by molar-refractivity contribution is -0.138. The third kappa shape index (κ3) is 19.2. The second-order valence-electron chi connectivity index (χ2n) is 29.1. The predicted octanol–water partition coefficient (Wildman–Crippen LogP) is 18.1. The molecular formula is C83H104F9N7O6. The first-order valence-electron chi connectivity index (χ1n) is 37.6. The minimum atomic E-state index is -4.41. The molecule has 13 nitrogen and oxygen atoms in total. The molecule has 6 aromatic rings. The van der Waals surface area contributed by atoms with Gasteiger partial charge in [0.25, 0.3) is 17.7 Å². The highest BCUT2D eigenvalue weighted by atomic mass is 19.4. The van der Waals surface area contributed by atoms with Gasteiger partial charge in [0.15, 0.2) is 0 Å². The lowest BCUT2D eigenvalue weighted by Gasteiger charge is -2.49. The Balaban J connectivity index is 0.000000169. The molecule has 0 aromatic heterocycles. The van der Waals surface area contributed by atoms with Gasteiger partial charge < -0.3 is 34.2 Å². The van der Waals surface area contributed by atoms with Gasteiger partial charge in [-0.3, -0.25) is 29.1 Å². The molecule has 105 heavy (non-hydrogen) atoms. The maximum atomic E-state index is 13.1. The van der Waals surface area contributed by atoms with Gasteiger partial charge in [-0.05, 0) is 280 Å². The van der Waals surface area contributed by atoms with Gasteiger partial charge in [0, 0.05) is 112 Å². The minimum absolute atomic E-state index is 0.194. The molecule has 6 aliphatic rings. The Labute approximate surface area is 613 Å². The van der Waals surface area contributed by atoms with E-state index in [9.17, 15) is 53.9 Å². The third-order valence-corrected chi connectivity index (χ3v) is 22.5. The number of ether oxygens (including phenoxy) is 3. The number of unbranched alkanes of at least 4 members (excludes halogenated alkanes) is 1. The molecule has 0 saturated carbocycles. The van der Waals surface area contributed by atoms with Gasteiger partial charge in [-0.2, -0.15) is 39.5 Å². The number of hydrogen-bond donors (Lipinski definition) is 1. The largest absolute Gasteiger partial charge is 0.493 e. The predicted molar refractivity (Wildman–Crippen MR) is 391 cm³/mol. The van der Waals surface area contributed by atoms with Crippen LogP contribution in [0.3, 0.4) is 0 Å². The van der Waals surface area contributed by atoms with Crippen molar-refractivity contribution in [3.8, 4) is 17.2 Å². The van der Waals surface area contributed by atoms with Crippen molar-refractivity contribution in [2.45, 2.75) is 194 Å². The molecule has 0 aliphatic carbocycles. The first-order valence-corrected chi connectivity index (χ1v) is 37.6. The van der Waals surface area contributed by atoms with Crippen molar-refractivity contribution in [2.24, 2.45) is 0 Å². The summed E-state index contributed by atoms with van der Waals surface area (Å²) in [4.78, 5) is 52.1. The van der Waals surface area contributed by atoms with Gasteiger partial charge in [0.1, 0.15) is 17.2 Å². The van der Waals surface area contributed by atoms with Crippen LogP contribution in [-0.2, 0) is 18.5 Å². The summed E-state index contributed by atoms with van der Waals surface area (Å²) in [7, 11) is 1.96. The second kappa shape index (κ2) is 35.4. The molecule has 1 N–H and O–H groups in total. The Morgan fingerprint density at radius 1 is 0.381 bits per heavy atom. The molecule has 6 aliphatic heterocycles. The average Bonchev–Trinajstić information content (AvgIpc) is 0.784. The van der Waals surface area contributed by atoms with Gasteiger partial charge in [0.2, 0.25) is 0 Å². The molecule has 3 unspecified atom stereocenters. The highest BCUT2D eigenvalue weighted by Gasteiger charge is 2.42. The van der Waals surface area contributed by atoms with E-state index in [0.717, 1.165) is 163 Å². The number of nitrogens with one attached hydrogen (secondary N) is 1. The van der Waals surface area contributed by atoms with E-state index in [1.54, 1.807) is 14.7 Å². The first kappa shape index (κ1) is 79.9. The third-order valence-electron chi connectivity index (χ3n) is 22.5. The van der Waals surface area contributed by atoms with E-state index in [-0.39, 0.29) is 35.8 Å². The van der Waals surface area contributed by atoms with Crippen LogP contribution in [0.4, 0.5) is 39.5 Å². The number of hydrogen-bond acceptors (Lipinski definition) is 10. The van der Waals surface area contributed by atoms with Crippen LogP contribution in [-0.4, -0.2) is 158 Å². The molecule has 0 spiro atoms. The van der Waals surface area contributed by atoms with Crippen molar-refractivity contribution in [3.63, 3.8) is 0 Å². The zero-order valence-corrected chi connectivity index (χ0v) is 62.3. The van der Waals surface area contributed by atoms with Crippen molar-refractivity contribution in [3.05, 3.63) is 193 Å². The lowest BCUT2D eigenvalue weighted by Crippen LogP contribution is -2.57. The summed E-state index contributed by atoms with van der Waals surface area (Å²) in [6.07, 6.45) is 0.373. The number of halogens is 9. The number of nitrogens with zero attached hydrogens (tertiary/aromatic N) is 6. The van der Waals surface area contributed by atoms with E-state index in [2.05, 4.69) is 112 Å². The highest BCUT2D eigenvalue weighted by molar-refractivity contribution is 5.95. The second-order valence-corrected chi connectivity index (χ2v) is 29.1. The number of amides is 3. The maximum absolute atomic E-state index is 13.1. The number of carbonyl (C=O) groups is 3.